The van der Waals surface area contributed by atoms with Crippen LogP contribution in [0.4, 0.5) is 8.78 Å². The number of amides is 1. The van der Waals surface area contributed by atoms with Gasteiger partial charge in [0.1, 0.15) is 17.4 Å². The number of ether oxygens (including phenoxy) is 1. The first-order valence-electron chi connectivity index (χ1n) is 12.2. The third-order valence-corrected chi connectivity index (χ3v) is 7.15. The molecule has 5 rings (SSSR count). The number of nitrogens with zero attached hydrogens (tertiary/aromatic N) is 2. The summed E-state index contributed by atoms with van der Waals surface area (Å²) in [4.78, 5) is 17.7. The third-order valence-electron chi connectivity index (χ3n) is 7.15. The molecule has 2 aliphatic rings. The van der Waals surface area contributed by atoms with Crippen LogP contribution in [0.15, 0.2) is 72.8 Å². The van der Waals surface area contributed by atoms with E-state index >= 15 is 0 Å². The van der Waals surface area contributed by atoms with Crippen molar-refractivity contribution >= 4 is 5.91 Å². The van der Waals surface area contributed by atoms with Crippen molar-refractivity contribution in [1.29, 1.82) is 0 Å². The zero-order valence-corrected chi connectivity index (χ0v) is 19.9. The lowest BCUT2D eigenvalue weighted by Crippen LogP contribution is -2.39. The summed E-state index contributed by atoms with van der Waals surface area (Å²) in [6.45, 7) is 2.94. The largest absolute Gasteiger partial charge is 0.496 e. The van der Waals surface area contributed by atoms with Gasteiger partial charge in [-0.25, -0.2) is 8.78 Å². The molecule has 1 aliphatic carbocycles. The maximum atomic E-state index is 13.8. The zero-order valence-electron chi connectivity index (χ0n) is 19.9. The van der Waals surface area contributed by atoms with Crippen molar-refractivity contribution in [2.24, 2.45) is 5.92 Å². The topological polar surface area (TPSA) is 32.8 Å². The molecule has 35 heavy (non-hydrogen) atoms. The molecule has 4 nitrogen and oxygen atoms in total. The minimum atomic E-state index is -0.403. The average Bonchev–Trinajstić information content (AvgIpc) is 3.64. The summed E-state index contributed by atoms with van der Waals surface area (Å²) in [6, 6.07) is 20.9. The highest BCUT2D eigenvalue weighted by molar-refractivity contribution is 5.94. The Morgan fingerprint density at radius 3 is 2.46 bits per heavy atom. The Hall–Kier alpha value is -3.25. The van der Waals surface area contributed by atoms with Crippen LogP contribution in [0.5, 0.6) is 5.75 Å². The van der Waals surface area contributed by atoms with E-state index in [1.807, 2.05) is 35.2 Å². The van der Waals surface area contributed by atoms with Crippen molar-refractivity contribution in [2.45, 2.75) is 31.3 Å². The predicted octanol–water partition coefficient (Wildman–Crippen LogP) is 5.49. The Kier molecular flexibility index (Phi) is 6.82. The van der Waals surface area contributed by atoms with Crippen LogP contribution in [0.1, 0.15) is 40.2 Å². The molecule has 1 heterocycles. The monoisotopic (exact) mass is 476 g/mol. The number of methoxy groups -OCH3 is 1. The summed E-state index contributed by atoms with van der Waals surface area (Å²) in [5.74, 6) is 0.415. The molecule has 2 atom stereocenters. The van der Waals surface area contributed by atoms with Crippen molar-refractivity contribution in [3.63, 3.8) is 0 Å². The second-order valence-electron chi connectivity index (χ2n) is 9.62. The maximum absolute atomic E-state index is 13.8. The zero-order chi connectivity index (χ0) is 24.4. The lowest BCUT2D eigenvalue weighted by Gasteiger charge is -2.29. The number of carbonyl (C=O) groups is 1. The maximum Gasteiger partial charge on any atom is 0.254 e. The molecule has 0 N–H and O–H groups in total. The molecule has 0 aromatic heterocycles. The van der Waals surface area contributed by atoms with Crippen molar-refractivity contribution in [1.82, 2.24) is 9.80 Å². The molecule has 0 radical (unpaired) electrons. The van der Waals surface area contributed by atoms with Crippen LogP contribution < -0.4 is 4.74 Å². The van der Waals surface area contributed by atoms with Crippen LogP contribution in [-0.2, 0) is 6.54 Å². The van der Waals surface area contributed by atoms with Crippen LogP contribution in [0, 0.1) is 17.6 Å². The molecule has 1 aliphatic heterocycles. The van der Waals surface area contributed by atoms with Gasteiger partial charge >= 0.3 is 0 Å². The van der Waals surface area contributed by atoms with Gasteiger partial charge in [-0.15, -0.1) is 0 Å². The number of hydrogen-bond acceptors (Lipinski definition) is 3. The van der Waals surface area contributed by atoms with Crippen molar-refractivity contribution in [3.8, 4) is 5.75 Å². The standard InChI is InChI=1S/C29H30F2N2O2/c1-35-28-8-3-2-5-22(28)16-32-17-23(27(19-32)20-9-11-24(30)12-10-20)18-33(26-13-14-26)29(34)21-6-4-7-25(31)15-21/h2-12,15,23,26-27H,13-14,16-19H2,1H3. The second-order valence-corrected chi connectivity index (χ2v) is 9.62. The quantitative estimate of drug-likeness (QED) is 0.431. The van der Waals surface area contributed by atoms with Gasteiger partial charge in [-0.05, 0) is 60.7 Å². The normalized spacial score (nSPS) is 20.1. The van der Waals surface area contributed by atoms with Gasteiger partial charge in [0.05, 0.1) is 7.11 Å². The highest BCUT2D eigenvalue weighted by atomic mass is 19.1. The van der Waals surface area contributed by atoms with E-state index in [9.17, 15) is 13.6 Å². The molecular weight excluding hydrogens is 446 g/mol. The molecule has 1 saturated carbocycles. The van der Waals surface area contributed by atoms with Gasteiger partial charge in [-0.3, -0.25) is 9.69 Å². The fourth-order valence-corrected chi connectivity index (χ4v) is 5.26. The van der Waals surface area contributed by atoms with Gasteiger partial charge in [-0.1, -0.05) is 36.4 Å². The van der Waals surface area contributed by atoms with Gasteiger partial charge in [-0.2, -0.15) is 0 Å². The van der Waals surface area contributed by atoms with Crippen molar-refractivity contribution in [2.75, 3.05) is 26.7 Å². The fourth-order valence-electron chi connectivity index (χ4n) is 5.26. The molecule has 2 fully saturated rings. The van der Waals surface area contributed by atoms with E-state index in [1.54, 1.807) is 19.2 Å². The Labute approximate surface area is 205 Å². The molecule has 1 amide bonds. The number of carbonyl (C=O) groups excluding carboxylic acids is 1. The third kappa shape index (κ3) is 5.38. The average molecular weight is 477 g/mol. The molecule has 2 unspecified atom stereocenters. The molecule has 182 valence electrons. The van der Waals surface area contributed by atoms with E-state index in [1.165, 1.54) is 24.3 Å². The van der Waals surface area contributed by atoms with Crippen LogP contribution in [0.3, 0.4) is 0 Å². The molecule has 0 bridgehead atoms. The van der Waals surface area contributed by atoms with E-state index < -0.39 is 5.82 Å². The van der Waals surface area contributed by atoms with E-state index in [0.29, 0.717) is 12.1 Å². The van der Waals surface area contributed by atoms with Crippen LogP contribution in [-0.4, -0.2) is 48.5 Å². The molecule has 1 saturated heterocycles. The predicted molar refractivity (Wildman–Crippen MR) is 131 cm³/mol. The number of halogens is 2. The number of benzene rings is 3. The number of rotatable bonds is 8. The Morgan fingerprint density at radius 2 is 1.74 bits per heavy atom. The highest BCUT2D eigenvalue weighted by Gasteiger charge is 2.40. The Balaban J connectivity index is 1.39. The molecule has 3 aromatic carbocycles. The van der Waals surface area contributed by atoms with Crippen molar-refractivity contribution < 1.29 is 18.3 Å². The molecular formula is C29H30F2N2O2. The van der Waals surface area contributed by atoms with E-state index in [0.717, 1.165) is 49.4 Å². The summed E-state index contributed by atoms with van der Waals surface area (Å²) in [5.41, 5.74) is 2.58. The molecule has 0 spiro atoms. The van der Waals surface area contributed by atoms with Gasteiger partial charge in [0.25, 0.3) is 5.91 Å². The van der Waals surface area contributed by atoms with Gasteiger partial charge in [0, 0.05) is 49.3 Å². The summed E-state index contributed by atoms with van der Waals surface area (Å²) in [6.07, 6.45) is 1.94. The minimum absolute atomic E-state index is 0.118. The molecule has 3 aromatic rings. The van der Waals surface area contributed by atoms with E-state index in [4.69, 9.17) is 4.74 Å². The minimum Gasteiger partial charge on any atom is -0.496 e. The molecule has 6 heteroatoms. The smallest absolute Gasteiger partial charge is 0.254 e. The first kappa shape index (κ1) is 23.5. The van der Waals surface area contributed by atoms with Gasteiger partial charge in [0.15, 0.2) is 0 Å². The lowest BCUT2D eigenvalue weighted by molar-refractivity contribution is 0.0710. The van der Waals surface area contributed by atoms with Gasteiger partial charge < -0.3 is 9.64 Å². The van der Waals surface area contributed by atoms with Crippen LogP contribution >= 0.6 is 0 Å². The summed E-state index contributed by atoms with van der Waals surface area (Å²) in [7, 11) is 1.68. The number of para-hydroxylation sites is 1. The summed E-state index contributed by atoms with van der Waals surface area (Å²) in [5, 5.41) is 0. The van der Waals surface area contributed by atoms with Crippen molar-refractivity contribution in [3.05, 3.63) is 101 Å². The fraction of sp³-hybridized carbons (Fsp3) is 0.345. The lowest BCUT2D eigenvalue weighted by atomic mass is 9.88. The second kappa shape index (κ2) is 10.2. The van der Waals surface area contributed by atoms with Gasteiger partial charge in [0.2, 0.25) is 0 Å². The van der Waals surface area contributed by atoms with Crippen LogP contribution in [0.2, 0.25) is 0 Å². The first-order valence-corrected chi connectivity index (χ1v) is 12.2. The summed E-state index contributed by atoms with van der Waals surface area (Å²) < 4.78 is 33.0. The van der Waals surface area contributed by atoms with Crippen LogP contribution in [0.25, 0.3) is 0 Å². The number of hydrogen-bond donors (Lipinski definition) is 0. The van der Waals surface area contributed by atoms with E-state index in [2.05, 4.69) is 11.0 Å². The summed E-state index contributed by atoms with van der Waals surface area (Å²) >= 11 is 0. The Bertz CT molecular complexity index is 1180. The number of likely N-dealkylation sites (tertiary alicyclic amines) is 1. The van der Waals surface area contributed by atoms with E-state index in [-0.39, 0.29) is 29.6 Å². The Morgan fingerprint density at radius 1 is 0.971 bits per heavy atom. The highest BCUT2D eigenvalue weighted by Crippen LogP contribution is 2.38. The first-order chi connectivity index (χ1) is 17.0. The SMILES string of the molecule is COc1ccccc1CN1CC(CN(C(=O)c2cccc(F)c2)C2CC2)C(c2ccc(F)cc2)C1.